The summed E-state index contributed by atoms with van der Waals surface area (Å²) in [7, 11) is 1.69. The van der Waals surface area contributed by atoms with Crippen molar-refractivity contribution in [1.82, 2.24) is 20.1 Å². The molecule has 3 N–H and O–H groups in total. The Kier molecular flexibility index (Phi) is 9.53. The van der Waals surface area contributed by atoms with Crippen LogP contribution in [0.25, 0.3) is 0 Å². The second-order valence-corrected chi connectivity index (χ2v) is 12.3. The Bertz CT molecular complexity index is 1510. The molecule has 15 nitrogen and oxygen atoms in total. The van der Waals surface area contributed by atoms with Crippen LogP contribution in [0.3, 0.4) is 0 Å². The van der Waals surface area contributed by atoms with Crippen molar-refractivity contribution in [2.45, 2.75) is 57.0 Å². The molecular formula is C29H34BrN7O8. The smallest absolute Gasteiger partial charge is 0.308 e. The van der Waals surface area contributed by atoms with E-state index in [9.17, 15) is 29.3 Å². The van der Waals surface area contributed by atoms with Crippen LogP contribution in [0.2, 0.25) is 0 Å². The summed E-state index contributed by atoms with van der Waals surface area (Å²) in [5, 5.41) is 21.1. The molecule has 5 rings (SSSR count). The van der Waals surface area contributed by atoms with Gasteiger partial charge in [0.05, 0.1) is 46.4 Å². The fourth-order valence-electron chi connectivity index (χ4n) is 5.95. The van der Waals surface area contributed by atoms with Crippen LogP contribution in [0.4, 0.5) is 17.1 Å². The van der Waals surface area contributed by atoms with Gasteiger partial charge in [-0.3, -0.25) is 34.3 Å². The van der Waals surface area contributed by atoms with E-state index >= 15 is 0 Å². The molecule has 2 aromatic rings. The molecule has 1 aromatic heterocycles. The molecule has 0 aliphatic carbocycles. The highest BCUT2D eigenvalue weighted by Gasteiger charge is 2.43. The number of nitro benzene ring substituents is 1. The van der Waals surface area contributed by atoms with Crippen LogP contribution in [0.5, 0.6) is 0 Å². The quantitative estimate of drug-likeness (QED) is 0.210. The zero-order valence-electron chi connectivity index (χ0n) is 24.9. The van der Waals surface area contributed by atoms with Crippen LogP contribution < -0.4 is 16.0 Å². The van der Waals surface area contributed by atoms with Crippen molar-refractivity contribution in [2.75, 3.05) is 43.9 Å². The summed E-state index contributed by atoms with van der Waals surface area (Å²) in [4.78, 5) is 71.5. The van der Waals surface area contributed by atoms with Gasteiger partial charge in [-0.05, 0) is 32.4 Å². The van der Waals surface area contributed by atoms with Crippen molar-refractivity contribution >= 4 is 56.7 Å². The topological polar surface area (TPSA) is 185 Å². The fraction of sp³-hybridized carbons (Fsp3) is 0.483. The van der Waals surface area contributed by atoms with Gasteiger partial charge in [-0.15, -0.1) is 0 Å². The van der Waals surface area contributed by atoms with E-state index in [2.05, 4.69) is 36.9 Å². The first kappa shape index (κ1) is 32.1. The number of rotatable bonds is 8. The van der Waals surface area contributed by atoms with Crippen LogP contribution in [0, 0.1) is 10.1 Å². The number of morpholine rings is 1. The summed E-state index contributed by atoms with van der Waals surface area (Å²) in [5.74, 6) is -1.81. The summed E-state index contributed by atoms with van der Waals surface area (Å²) in [5.41, 5.74) is 0.571. The zero-order valence-corrected chi connectivity index (χ0v) is 26.5. The summed E-state index contributed by atoms with van der Waals surface area (Å²) < 4.78 is 11.1. The molecule has 0 radical (unpaired) electrons. The maximum atomic E-state index is 13.8. The maximum Gasteiger partial charge on any atom is 0.308 e. The van der Waals surface area contributed by atoms with Crippen molar-refractivity contribution in [1.29, 1.82) is 0 Å². The number of pyridine rings is 1. The van der Waals surface area contributed by atoms with E-state index < -0.39 is 46.7 Å². The molecule has 3 aliphatic rings. The Labute approximate surface area is 267 Å². The van der Waals surface area contributed by atoms with Gasteiger partial charge in [0, 0.05) is 55.7 Å². The monoisotopic (exact) mass is 687 g/mol. The van der Waals surface area contributed by atoms with E-state index in [1.165, 1.54) is 23.2 Å². The van der Waals surface area contributed by atoms with Crippen molar-refractivity contribution in [3.8, 4) is 0 Å². The van der Waals surface area contributed by atoms with E-state index in [1.54, 1.807) is 24.2 Å². The summed E-state index contributed by atoms with van der Waals surface area (Å²) in [6.45, 7) is 4.34. The minimum Gasteiger partial charge on any atom is -0.463 e. The Morgan fingerprint density at radius 2 is 1.80 bits per heavy atom. The Morgan fingerprint density at radius 3 is 2.44 bits per heavy atom. The molecular weight excluding hydrogens is 654 g/mol. The third kappa shape index (κ3) is 7.17. The van der Waals surface area contributed by atoms with E-state index in [4.69, 9.17) is 9.47 Å². The van der Waals surface area contributed by atoms with Gasteiger partial charge >= 0.3 is 5.97 Å². The van der Waals surface area contributed by atoms with E-state index in [0.717, 1.165) is 0 Å². The Morgan fingerprint density at radius 1 is 1.07 bits per heavy atom. The first-order valence-corrected chi connectivity index (χ1v) is 15.3. The number of esters is 1. The number of cyclic esters (lactones) is 1. The first-order chi connectivity index (χ1) is 21.4. The summed E-state index contributed by atoms with van der Waals surface area (Å²) >= 11 is 3.31. The average Bonchev–Trinajstić information content (AvgIpc) is 3.62. The number of anilines is 2. The SMILES string of the molecule is CNc1cncc(C(=O)N2C[C@H](Nc3c(C(=O)N4C[C@@H](C)O[C@@H](C)C4)cc(Br)cc3[N+](=O)[O-])C[C@H]2C(=O)NC2COC(=O)C2)c1. The number of benzene rings is 1. The third-order valence-corrected chi connectivity index (χ3v) is 8.37. The van der Waals surface area contributed by atoms with Gasteiger partial charge in [0.25, 0.3) is 17.5 Å². The number of nitro groups is 1. The lowest BCUT2D eigenvalue weighted by atomic mass is 10.1. The number of carbonyl (C=O) groups is 4. The molecule has 1 aromatic carbocycles. The van der Waals surface area contributed by atoms with Gasteiger partial charge in [0.15, 0.2) is 0 Å². The van der Waals surface area contributed by atoms with Gasteiger partial charge in [0.1, 0.15) is 18.3 Å². The molecule has 3 amide bonds. The van der Waals surface area contributed by atoms with Crippen LogP contribution in [0.15, 0.2) is 35.1 Å². The molecule has 5 atom stereocenters. The van der Waals surface area contributed by atoms with Crippen molar-refractivity contribution in [3.63, 3.8) is 0 Å². The first-order valence-electron chi connectivity index (χ1n) is 14.5. The highest BCUT2D eigenvalue weighted by Crippen LogP contribution is 2.36. The number of ether oxygens (including phenoxy) is 2. The second kappa shape index (κ2) is 13.4. The molecule has 3 aliphatic heterocycles. The number of amides is 3. The molecule has 0 spiro atoms. The lowest BCUT2D eigenvalue weighted by Crippen LogP contribution is -2.49. The lowest BCUT2D eigenvalue weighted by Gasteiger charge is -2.35. The van der Waals surface area contributed by atoms with Crippen LogP contribution in [0.1, 0.15) is 47.4 Å². The number of carbonyl (C=O) groups excluding carboxylic acids is 4. The molecule has 0 saturated carbocycles. The summed E-state index contributed by atoms with van der Waals surface area (Å²) in [6, 6.07) is 2.25. The van der Waals surface area contributed by atoms with Crippen LogP contribution in [-0.4, -0.2) is 107 Å². The molecule has 1 unspecified atom stereocenters. The normalized spacial score (nSPS) is 24.6. The molecule has 240 valence electrons. The van der Waals surface area contributed by atoms with Gasteiger partial charge in [-0.2, -0.15) is 0 Å². The molecule has 16 heteroatoms. The van der Waals surface area contributed by atoms with Crippen molar-refractivity contribution in [2.24, 2.45) is 0 Å². The number of hydrogen-bond donors (Lipinski definition) is 3. The maximum absolute atomic E-state index is 13.8. The molecule has 4 heterocycles. The van der Waals surface area contributed by atoms with Gasteiger partial charge in [0.2, 0.25) is 5.91 Å². The number of nitrogens with one attached hydrogen (secondary N) is 3. The number of aromatic nitrogens is 1. The Balaban J connectivity index is 1.46. The Hall–Kier alpha value is -4.31. The predicted octanol–water partition coefficient (Wildman–Crippen LogP) is 2.17. The van der Waals surface area contributed by atoms with Gasteiger partial charge in [-0.25, -0.2) is 0 Å². The number of halogens is 1. The predicted molar refractivity (Wildman–Crippen MR) is 165 cm³/mol. The van der Waals surface area contributed by atoms with E-state index in [1.807, 2.05) is 13.8 Å². The molecule has 3 fully saturated rings. The zero-order chi connectivity index (χ0) is 32.4. The molecule has 45 heavy (non-hydrogen) atoms. The van der Waals surface area contributed by atoms with Gasteiger partial charge < -0.3 is 35.2 Å². The number of likely N-dealkylation sites (tertiary alicyclic amines) is 1. The lowest BCUT2D eigenvalue weighted by molar-refractivity contribution is -0.384. The fourth-order valence-corrected chi connectivity index (χ4v) is 6.40. The van der Waals surface area contributed by atoms with Crippen molar-refractivity contribution in [3.05, 3.63) is 56.3 Å². The largest absolute Gasteiger partial charge is 0.463 e. The minimum atomic E-state index is -0.987. The minimum absolute atomic E-state index is 0.00668. The van der Waals surface area contributed by atoms with Crippen molar-refractivity contribution < 1.29 is 33.6 Å². The van der Waals surface area contributed by atoms with Crippen LogP contribution in [-0.2, 0) is 19.1 Å². The highest BCUT2D eigenvalue weighted by atomic mass is 79.9. The average molecular weight is 689 g/mol. The second-order valence-electron chi connectivity index (χ2n) is 11.4. The number of hydrogen-bond acceptors (Lipinski definition) is 11. The highest BCUT2D eigenvalue weighted by molar-refractivity contribution is 9.10. The summed E-state index contributed by atoms with van der Waals surface area (Å²) in [6.07, 6.45) is 2.58. The third-order valence-electron chi connectivity index (χ3n) is 7.91. The molecule has 3 saturated heterocycles. The van der Waals surface area contributed by atoms with Gasteiger partial charge in [-0.1, -0.05) is 15.9 Å². The number of nitrogens with zero attached hydrogens (tertiary/aromatic N) is 4. The van der Waals surface area contributed by atoms with Crippen LogP contribution >= 0.6 is 15.9 Å². The van der Waals surface area contributed by atoms with E-state index in [-0.39, 0.29) is 60.7 Å². The van der Waals surface area contributed by atoms with E-state index in [0.29, 0.717) is 23.2 Å². The standard InChI is InChI=1S/C29H34BrN7O8/c1-15-11-35(12-16(2)45-15)29(41)22-5-18(30)6-23(37(42)43)26(22)33-20-7-24(27(39)34-21-8-25(38)44-14-21)36(13-20)28(40)17-4-19(31-3)10-32-9-17/h4-6,9-10,15-16,20-21,24,31,33H,7-8,11-14H2,1-3H3,(H,34,39)/t15-,16+,20-,21?,24+/m1/s1. The molecule has 0 bridgehead atoms.